The summed E-state index contributed by atoms with van der Waals surface area (Å²) in [6.07, 6.45) is 3.25. The van der Waals surface area contributed by atoms with Crippen molar-refractivity contribution in [1.82, 2.24) is 9.97 Å². The molecule has 0 amide bonds. The Bertz CT molecular complexity index is 517. The molecule has 18 heavy (non-hydrogen) atoms. The summed E-state index contributed by atoms with van der Waals surface area (Å²) in [4.78, 5) is 7.85. The van der Waals surface area contributed by atoms with Crippen LogP contribution >= 0.6 is 0 Å². The molecule has 98 valence electrons. The summed E-state index contributed by atoms with van der Waals surface area (Å²) in [5.41, 5.74) is 8.58. The Morgan fingerprint density at radius 2 is 1.89 bits per heavy atom. The lowest BCUT2D eigenvalue weighted by Crippen LogP contribution is -2.36. The first kappa shape index (κ1) is 12.7. The summed E-state index contributed by atoms with van der Waals surface area (Å²) >= 11 is 0. The number of anilines is 2. The van der Waals surface area contributed by atoms with Crippen molar-refractivity contribution in [2.45, 2.75) is 45.6 Å². The summed E-state index contributed by atoms with van der Waals surface area (Å²) in [5, 5.41) is 3.54. The van der Waals surface area contributed by atoms with Crippen LogP contribution in [0.1, 0.15) is 40.0 Å². The van der Waals surface area contributed by atoms with Gasteiger partial charge in [0, 0.05) is 11.2 Å². The van der Waals surface area contributed by atoms with Crippen molar-refractivity contribution in [3.05, 3.63) is 18.2 Å². The Balaban J connectivity index is 2.31. The smallest absolute Gasteiger partial charge is 0.201 e. The van der Waals surface area contributed by atoms with Gasteiger partial charge in [0.05, 0.1) is 11.0 Å². The molecule has 2 aromatic rings. The van der Waals surface area contributed by atoms with Gasteiger partial charge in [-0.05, 0) is 37.5 Å². The zero-order valence-corrected chi connectivity index (χ0v) is 11.4. The molecule has 4 nitrogen and oxygen atoms in total. The van der Waals surface area contributed by atoms with E-state index in [-0.39, 0.29) is 5.54 Å². The summed E-state index contributed by atoms with van der Waals surface area (Å²) in [7, 11) is 0. The Labute approximate surface area is 108 Å². The lowest BCUT2D eigenvalue weighted by atomic mass is 9.90. The van der Waals surface area contributed by atoms with Crippen LogP contribution in [0.4, 0.5) is 11.6 Å². The zero-order chi connectivity index (χ0) is 13.2. The van der Waals surface area contributed by atoms with E-state index in [4.69, 9.17) is 5.73 Å². The molecule has 2 rings (SSSR count). The van der Waals surface area contributed by atoms with Gasteiger partial charge >= 0.3 is 0 Å². The fourth-order valence-corrected chi connectivity index (χ4v) is 2.35. The second-order valence-corrected chi connectivity index (χ2v) is 4.83. The van der Waals surface area contributed by atoms with Gasteiger partial charge in [0.2, 0.25) is 5.95 Å². The number of nitrogen functional groups attached to an aromatic ring is 1. The molecule has 1 heterocycles. The number of aromatic amines is 1. The van der Waals surface area contributed by atoms with Crippen molar-refractivity contribution in [3.63, 3.8) is 0 Å². The molecule has 0 atom stereocenters. The number of benzene rings is 1. The molecule has 0 bridgehead atoms. The van der Waals surface area contributed by atoms with Gasteiger partial charge in [0.15, 0.2) is 0 Å². The van der Waals surface area contributed by atoms with E-state index in [9.17, 15) is 0 Å². The maximum Gasteiger partial charge on any atom is 0.201 e. The first-order chi connectivity index (χ1) is 8.62. The lowest BCUT2D eigenvalue weighted by Gasteiger charge is -2.31. The van der Waals surface area contributed by atoms with Gasteiger partial charge in [-0.15, -0.1) is 0 Å². The van der Waals surface area contributed by atoms with Crippen molar-refractivity contribution in [1.29, 1.82) is 0 Å². The van der Waals surface area contributed by atoms with Gasteiger partial charge in [0.25, 0.3) is 0 Å². The minimum absolute atomic E-state index is 0.124. The minimum Gasteiger partial charge on any atom is -0.399 e. The first-order valence-electron chi connectivity index (χ1n) is 6.66. The molecule has 1 aromatic carbocycles. The predicted octanol–water partition coefficient (Wildman–Crippen LogP) is 3.53. The fraction of sp³-hybridized carbons (Fsp3) is 0.500. The first-order valence-corrected chi connectivity index (χ1v) is 6.66. The van der Waals surface area contributed by atoms with Gasteiger partial charge in [-0.3, -0.25) is 0 Å². The number of aromatic nitrogens is 2. The van der Waals surface area contributed by atoms with Crippen molar-refractivity contribution in [3.8, 4) is 0 Å². The molecule has 0 aliphatic heterocycles. The van der Waals surface area contributed by atoms with Crippen LogP contribution in [0.2, 0.25) is 0 Å². The molecule has 0 aliphatic rings. The highest BCUT2D eigenvalue weighted by Gasteiger charge is 2.24. The number of fused-ring (bicyclic) bond motifs is 1. The largest absolute Gasteiger partial charge is 0.399 e. The number of nitrogens with zero attached hydrogens (tertiary/aromatic N) is 1. The number of hydrogen-bond acceptors (Lipinski definition) is 3. The summed E-state index contributed by atoms with van der Waals surface area (Å²) in [5.74, 6) is 0.834. The number of rotatable bonds is 5. The predicted molar refractivity (Wildman–Crippen MR) is 77.7 cm³/mol. The molecule has 0 unspecified atom stereocenters. The highest BCUT2D eigenvalue weighted by atomic mass is 15.2. The topological polar surface area (TPSA) is 66.7 Å². The number of nitrogens with one attached hydrogen (secondary N) is 2. The standard InChI is InChI=1S/C14H22N4/c1-4-14(5-2,6-3)18-13-16-11-8-7-10(15)9-12(11)17-13/h7-9H,4-6,15H2,1-3H3,(H2,16,17,18). The average molecular weight is 246 g/mol. The highest BCUT2D eigenvalue weighted by molar-refractivity contribution is 5.80. The lowest BCUT2D eigenvalue weighted by molar-refractivity contribution is 0.418. The average Bonchev–Trinajstić information content (AvgIpc) is 2.77. The van der Waals surface area contributed by atoms with Crippen molar-refractivity contribution in [2.75, 3.05) is 11.1 Å². The zero-order valence-electron chi connectivity index (χ0n) is 11.4. The van der Waals surface area contributed by atoms with Gasteiger partial charge in [-0.1, -0.05) is 20.8 Å². The van der Waals surface area contributed by atoms with Gasteiger partial charge in [-0.2, -0.15) is 0 Å². The molecule has 4 heteroatoms. The van der Waals surface area contributed by atoms with Crippen LogP contribution in [0.25, 0.3) is 11.0 Å². The van der Waals surface area contributed by atoms with Crippen molar-refractivity contribution >= 4 is 22.7 Å². The third kappa shape index (κ3) is 2.28. The number of hydrogen-bond donors (Lipinski definition) is 3. The highest BCUT2D eigenvalue weighted by Crippen LogP contribution is 2.25. The maximum atomic E-state index is 5.77. The van der Waals surface area contributed by atoms with E-state index in [1.165, 1.54) is 0 Å². The number of H-pyrrole nitrogens is 1. The van der Waals surface area contributed by atoms with Gasteiger partial charge in [-0.25, -0.2) is 4.98 Å². The molecule has 0 spiro atoms. The maximum absolute atomic E-state index is 5.77. The van der Waals surface area contributed by atoms with E-state index in [0.29, 0.717) is 0 Å². The third-order valence-electron chi connectivity index (χ3n) is 3.92. The van der Waals surface area contributed by atoms with E-state index < -0.39 is 0 Å². The summed E-state index contributed by atoms with van der Waals surface area (Å²) in [6.45, 7) is 6.63. The van der Waals surface area contributed by atoms with Crippen molar-refractivity contribution < 1.29 is 0 Å². The van der Waals surface area contributed by atoms with Crippen LogP contribution in [-0.4, -0.2) is 15.5 Å². The van der Waals surface area contributed by atoms with Crippen LogP contribution in [-0.2, 0) is 0 Å². The fourth-order valence-electron chi connectivity index (χ4n) is 2.35. The molecule has 0 fully saturated rings. The SMILES string of the molecule is CCC(CC)(CC)Nc1nc2ccc(N)cc2[nH]1. The second-order valence-electron chi connectivity index (χ2n) is 4.83. The Morgan fingerprint density at radius 1 is 1.22 bits per heavy atom. The molecular weight excluding hydrogens is 224 g/mol. The Hall–Kier alpha value is -1.71. The number of imidazole rings is 1. The molecule has 0 radical (unpaired) electrons. The number of nitrogens with two attached hydrogens (primary N) is 1. The Kier molecular flexibility index (Phi) is 3.45. The second kappa shape index (κ2) is 4.88. The molecule has 0 aliphatic carbocycles. The van der Waals surface area contributed by atoms with Crippen LogP contribution in [0.5, 0.6) is 0 Å². The molecule has 4 N–H and O–H groups in total. The van der Waals surface area contributed by atoms with Crippen molar-refractivity contribution in [2.24, 2.45) is 0 Å². The van der Waals surface area contributed by atoms with Crippen LogP contribution < -0.4 is 11.1 Å². The third-order valence-corrected chi connectivity index (χ3v) is 3.92. The quantitative estimate of drug-likeness (QED) is 0.707. The summed E-state index contributed by atoms with van der Waals surface area (Å²) < 4.78 is 0. The molecular formula is C14H22N4. The Morgan fingerprint density at radius 3 is 2.50 bits per heavy atom. The van der Waals surface area contributed by atoms with Gasteiger partial charge in [0.1, 0.15) is 0 Å². The normalized spacial score (nSPS) is 11.9. The van der Waals surface area contributed by atoms with Crippen LogP contribution in [0, 0.1) is 0 Å². The molecule has 1 aromatic heterocycles. The molecule has 0 saturated heterocycles. The van der Waals surface area contributed by atoms with E-state index in [2.05, 4.69) is 36.1 Å². The minimum atomic E-state index is 0.124. The van der Waals surface area contributed by atoms with E-state index in [0.717, 1.165) is 41.9 Å². The van der Waals surface area contributed by atoms with Crippen LogP contribution in [0.3, 0.4) is 0 Å². The van der Waals surface area contributed by atoms with Gasteiger partial charge < -0.3 is 16.0 Å². The molecule has 0 saturated carbocycles. The van der Waals surface area contributed by atoms with E-state index in [1.54, 1.807) is 0 Å². The monoisotopic (exact) mass is 246 g/mol. The van der Waals surface area contributed by atoms with E-state index >= 15 is 0 Å². The van der Waals surface area contributed by atoms with E-state index in [1.807, 2.05) is 18.2 Å². The summed E-state index contributed by atoms with van der Waals surface area (Å²) in [6, 6.07) is 5.73. The van der Waals surface area contributed by atoms with Crippen LogP contribution in [0.15, 0.2) is 18.2 Å².